The summed E-state index contributed by atoms with van der Waals surface area (Å²) in [7, 11) is 0. The van der Waals surface area contributed by atoms with Crippen molar-refractivity contribution in [3.8, 4) is 17.2 Å². The molecule has 0 spiro atoms. The minimum absolute atomic E-state index is 0.432. The first-order valence-corrected chi connectivity index (χ1v) is 8.18. The molecule has 0 radical (unpaired) electrons. The van der Waals surface area contributed by atoms with Gasteiger partial charge in [-0.1, -0.05) is 30.3 Å². The number of hydrogen-bond donors (Lipinski definition) is 1. The van der Waals surface area contributed by atoms with Gasteiger partial charge in [-0.2, -0.15) is 0 Å². The molecule has 0 saturated carbocycles. The van der Waals surface area contributed by atoms with Crippen molar-refractivity contribution in [3.05, 3.63) is 66.2 Å². The predicted molar refractivity (Wildman–Crippen MR) is 96.8 cm³/mol. The molecule has 0 aliphatic heterocycles. The first-order chi connectivity index (χ1) is 11.8. The smallest absolute Gasteiger partial charge is 0.164 e. The normalized spacial score (nSPS) is 10.2. The van der Waals surface area contributed by atoms with Crippen molar-refractivity contribution < 1.29 is 14.2 Å². The zero-order valence-electron chi connectivity index (χ0n) is 14.2. The Balaban J connectivity index is 2.07. The first-order valence-electron chi connectivity index (χ1n) is 8.18. The van der Waals surface area contributed by atoms with Gasteiger partial charge in [-0.05, 0) is 37.1 Å². The zero-order valence-corrected chi connectivity index (χ0v) is 14.2. The summed E-state index contributed by atoms with van der Waals surface area (Å²) in [4.78, 5) is 0. The van der Waals surface area contributed by atoms with Crippen molar-refractivity contribution in [2.75, 3.05) is 19.8 Å². The molecule has 0 aromatic heterocycles. The molecule has 0 bridgehead atoms. The maximum atomic E-state index is 5.96. The van der Waals surface area contributed by atoms with Crippen molar-refractivity contribution in [1.29, 1.82) is 0 Å². The van der Waals surface area contributed by atoms with Crippen LogP contribution in [0, 0.1) is 0 Å². The SMILES string of the molecule is C=CCc1cc(CN)cc(OCC)c1OCCOc1ccccc1. The summed E-state index contributed by atoms with van der Waals surface area (Å²) in [5, 5.41) is 0. The van der Waals surface area contributed by atoms with Gasteiger partial charge in [-0.15, -0.1) is 6.58 Å². The Kier molecular flexibility index (Phi) is 7.18. The fraction of sp³-hybridized carbons (Fsp3) is 0.300. The van der Waals surface area contributed by atoms with Gasteiger partial charge in [-0.25, -0.2) is 0 Å². The predicted octanol–water partition coefficient (Wildman–Crippen LogP) is 3.73. The molecule has 4 heteroatoms. The lowest BCUT2D eigenvalue weighted by Crippen LogP contribution is -2.11. The van der Waals surface area contributed by atoms with Crippen molar-refractivity contribution in [2.24, 2.45) is 5.73 Å². The second-order valence-corrected chi connectivity index (χ2v) is 5.22. The lowest BCUT2D eigenvalue weighted by Gasteiger charge is -2.17. The highest BCUT2D eigenvalue weighted by Gasteiger charge is 2.13. The van der Waals surface area contributed by atoms with Gasteiger partial charge in [0.1, 0.15) is 19.0 Å². The van der Waals surface area contributed by atoms with Crippen LogP contribution in [0.25, 0.3) is 0 Å². The highest BCUT2D eigenvalue weighted by atomic mass is 16.5. The van der Waals surface area contributed by atoms with Crippen LogP contribution in [0.5, 0.6) is 17.2 Å². The van der Waals surface area contributed by atoms with E-state index in [1.165, 1.54) is 0 Å². The molecule has 0 aliphatic carbocycles. The lowest BCUT2D eigenvalue weighted by molar-refractivity contribution is 0.207. The molecular formula is C20H25NO3. The third kappa shape index (κ3) is 5.03. The van der Waals surface area contributed by atoms with E-state index in [0.29, 0.717) is 32.8 Å². The van der Waals surface area contributed by atoms with Gasteiger partial charge in [0.15, 0.2) is 11.5 Å². The van der Waals surface area contributed by atoms with Crippen LogP contribution in [0.15, 0.2) is 55.1 Å². The summed E-state index contributed by atoms with van der Waals surface area (Å²) in [6.45, 7) is 7.68. The largest absolute Gasteiger partial charge is 0.490 e. The highest BCUT2D eigenvalue weighted by Crippen LogP contribution is 2.34. The lowest BCUT2D eigenvalue weighted by atomic mass is 10.1. The summed E-state index contributed by atoms with van der Waals surface area (Å²) in [6.07, 6.45) is 2.54. The number of hydrogen-bond acceptors (Lipinski definition) is 4. The van der Waals surface area contributed by atoms with Crippen LogP contribution in [-0.2, 0) is 13.0 Å². The fourth-order valence-corrected chi connectivity index (χ4v) is 2.39. The van der Waals surface area contributed by atoms with Gasteiger partial charge in [-0.3, -0.25) is 0 Å². The second kappa shape index (κ2) is 9.63. The van der Waals surface area contributed by atoms with Crippen LogP contribution >= 0.6 is 0 Å². The van der Waals surface area contributed by atoms with E-state index in [4.69, 9.17) is 19.9 Å². The summed E-state index contributed by atoms with van der Waals surface area (Å²) in [5.41, 5.74) is 7.81. The van der Waals surface area contributed by atoms with Crippen molar-refractivity contribution in [3.63, 3.8) is 0 Å². The monoisotopic (exact) mass is 327 g/mol. The topological polar surface area (TPSA) is 53.7 Å². The Morgan fingerprint density at radius 1 is 1.04 bits per heavy atom. The van der Waals surface area contributed by atoms with Gasteiger partial charge >= 0.3 is 0 Å². The number of nitrogens with two attached hydrogens (primary N) is 1. The average molecular weight is 327 g/mol. The molecule has 0 fully saturated rings. The van der Waals surface area contributed by atoms with Crippen LogP contribution in [-0.4, -0.2) is 19.8 Å². The maximum Gasteiger partial charge on any atom is 0.164 e. The Bertz CT molecular complexity index is 641. The van der Waals surface area contributed by atoms with Gasteiger partial charge in [0.05, 0.1) is 6.61 Å². The minimum atomic E-state index is 0.432. The summed E-state index contributed by atoms with van der Waals surface area (Å²) >= 11 is 0. The van der Waals surface area contributed by atoms with Crippen molar-refractivity contribution >= 4 is 0 Å². The van der Waals surface area contributed by atoms with Gasteiger partial charge in [0.25, 0.3) is 0 Å². The van der Waals surface area contributed by atoms with Gasteiger partial charge in [0.2, 0.25) is 0 Å². The standard InChI is InChI=1S/C20H25NO3/c1-3-8-17-13-16(15-21)14-19(22-4-2)20(17)24-12-11-23-18-9-6-5-7-10-18/h3,5-7,9-10,13-14H,1,4,8,11-12,15,21H2,2H3. The Labute approximate surface area is 143 Å². The molecule has 24 heavy (non-hydrogen) atoms. The molecule has 2 N–H and O–H groups in total. The quantitative estimate of drug-likeness (QED) is 0.534. The molecule has 0 atom stereocenters. The molecule has 2 aromatic rings. The van der Waals surface area contributed by atoms with Crippen LogP contribution in [0.2, 0.25) is 0 Å². The molecule has 128 valence electrons. The van der Waals surface area contributed by atoms with E-state index in [1.807, 2.05) is 55.5 Å². The second-order valence-electron chi connectivity index (χ2n) is 5.22. The summed E-state index contributed by atoms with van der Waals surface area (Å²) < 4.78 is 17.3. The minimum Gasteiger partial charge on any atom is -0.490 e. The van der Waals surface area contributed by atoms with E-state index >= 15 is 0 Å². The Morgan fingerprint density at radius 3 is 2.46 bits per heavy atom. The van der Waals surface area contributed by atoms with E-state index in [-0.39, 0.29) is 0 Å². The molecule has 0 aliphatic rings. The van der Waals surface area contributed by atoms with Crippen LogP contribution in [0.4, 0.5) is 0 Å². The first kappa shape index (κ1) is 17.9. The van der Waals surface area contributed by atoms with Crippen molar-refractivity contribution in [2.45, 2.75) is 19.9 Å². The molecule has 0 saturated heterocycles. The molecule has 2 rings (SSSR count). The van der Waals surface area contributed by atoms with E-state index in [9.17, 15) is 0 Å². The molecule has 4 nitrogen and oxygen atoms in total. The summed E-state index contributed by atoms with van der Waals surface area (Å²) in [5.74, 6) is 2.29. The number of benzene rings is 2. The average Bonchev–Trinajstić information content (AvgIpc) is 2.61. The maximum absolute atomic E-state index is 5.96. The van der Waals surface area contributed by atoms with Crippen LogP contribution < -0.4 is 19.9 Å². The number of para-hydroxylation sites is 1. The number of rotatable bonds is 10. The third-order valence-electron chi connectivity index (χ3n) is 3.43. The Hall–Kier alpha value is -2.46. The van der Waals surface area contributed by atoms with E-state index in [0.717, 1.165) is 28.4 Å². The van der Waals surface area contributed by atoms with E-state index in [1.54, 1.807) is 0 Å². The van der Waals surface area contributed by atoms with Gasteiger partial charge < -0.3 is 19.9 Å². The van der Waals surface area contributed by atoms with Crippen molar-refractivity contribution in [1.82, 2.24) is 0 Å². The molecule has 0 amide bonds. The van der Waals surface area contributed by atoms with E-state index < -0.39 is 0 Å². The van der Waals surface area contributed by atoms with Gasteiger partial charge in [0, 0.05) is 12.1 Å². The molecule has 2 aromatic carbocycles. The number of allylic oxidation sites excluding steroid dienone is 1. The fourth-order valence-electron chi connectivity index (χ4n) is 2.39. The van der Waals surface area contributed by atoms with Crippen LogP contribution in [0.1, 0.15) is 18.1 Å². The zero-order chi connectivity index (χ0) is 17.2. The number of ether oxygens (including phenoxy) is 3. The highest BCUT2D eigenvalue weighted by molar-refractivity contribution is 5.50. The third-order valence-corrected chi connectivity index (χ3v) is 3.43. The van der Waals surface area contributed by atoms with Crippen LogP contribution in [0.3, 0.4) is 0 Å². The molecular weight excluding hydrogens is 302 g/mol. The summed E-state index contributed by atoms with van der Waals surface area (Å²) in [6, 6.07) is 13.7. The molecule has 0 unspecified atom stereocenters. The Morgan fingerprint density at radius 2 is 1.79 bits per heavy atom. The van der Waals surface area contributed by atoms with E-state index in [2.05, 4.69) is 6.58 Å². The molecule has 0 heterocycles.